The highest BCUT2D eigenvalue weighted by atomic mass is 16.5. The van der Waals surface area contributed by atoms with Crippen molar-refractivity contribution in [1.29, 1.82) is 0 Å². The van der Waals surface area contributed by atoms with Crippen molar-refractivity contribution in [3.8, 4) is 0 Å². The Morgan fingerprint density at radius 1 is 1.16 bits per heavy atom. The van der Waals surface area contributed by atoms with Crippen LogP contribution in [-0.2, 0) is 6.54 Å². The van der Waals surface area contributed by atoms with E-state index in [-0.39, 0.29) is 16.9 Å². The van der Waals surface area contributed by atoms with Gasteiger partial charge in [0.1, 0.15) is 5.76 Å². The van der Waals surface area contributed by atoms with Gasteiger partial charge in [-0.15, -0.1) is 0 Å². The number of aryl methyl sites for hydroxylation is 1. The average molecular weight is 345 g/mol. The van der Waals surface area contributed by atoms with Crippen LogP contribution in [0.25, 0.3) is 0 Å². The van der Waals surface area contributed by atoms with Gasteiger partial charge in [0.25, 0.3) is 0 Å². The Balaban J connectivity index is 1.91. The lowest BCUT2D eigenvalue weighted by Gasteiger charge is -2.46. The highest BCUT2D eigenvalue weighted by Gasteiger charge is 2.40. The lowest BCUT2D eigenvalue weighted by atomic mass is 9.71. The summed E-state index contributed by atoms with van der Waals surface area (Å²) in [7, 11) is 0. The van der Waals surface area contributed by atoms with Gasteiger partial charge in [0.05, 0.1) is 18.1 Å². The van der Waals surface area contributed by atoms with Crippen LogP contribution in [0.5, 0.6) is 0 Å². The molecule has 1 aromatic rings. The van der Waals surface area contributed by atoms with Crippen molar-refractivity contribution in [1.82, 2.24) is 15.0 Å². The molecule has 5 nitrogen and oxygen atoms in total. The van der Waals surface area contributed by atoms with Gasteiger partial charge in [0.2, 0.25) is 0 Å². The van der Waals surface area contributed by atoms with Crippen molar-refractivity contribution in [2.24, 2.45) is 15.8 Å². The Hall–Kier alpha value is -1.62. The molecule has 2 aliphatic heterocycles. The number of hydrogen-bond donors (Lipinski definition) is 0. The molecule has 1 unspecified atom stereocenters. The van der Waals surface area contributed by atoms with Crippen LogP contribution in [0.2, 0.25) is 0 Å². The maximum Gasteiger partial charge on any atom is 0.133 e. The Bertz CT molecular complexity index is 687. The predicted molar refractivity (Wildman–Crippen MR) is 101 cm³/mol. The Kier molecular flexibility index (Phi) is 4.56. The van der Waals surface area contributed by atoms with Gasteiger partial charge in [-0.1, -0.05) is 46.7 Å². The molecule has 3 rings (SSSR count). The first-order chi connectivity index (χ1) is 11.6. The van der Waals surface area contributed by atoms with E-state index in [0.29, 0.717) is 0 Å². The zero-order chi connectivity index (χ0) is 18.4. The van der Waals surface area contributed by atoms with E-state index in [1.165, 1.54) is 11.3 Å². The summed E-state index contributed by atoms with van der Waals surface area (Å²) in [6, 6.07) is 2.26. The largest absolute Gasteiger partial charge is 0.361 e. The molecule has 1 atom stereocenters. The summed E-state index contributed by atoms with van der Waals surface area (Å²) in [4.78, 5) is 9.76. The first-order valence-corrected chi connectivity index (χ1v) is 9.24. The molecule has 1 fully saturated rings. The number of fused-ring (bicyclic) bond motifs is 1. The molecule has 1 saturated heterocycles. The number of piperazine rings is 1. The maximum absolute atomic E-state index is 5.23. The number of nitrogens with zero attached hydrogens (tertiary/aromatic N) is 4. The molecular formula is C20H32N4O. The summed E-state index contributed by atoms with van der Waals surface area (Å²) in [6.45, 7) is 19.5. The summed E-state index contributed by atoms with van der Waals surface area (Å²) in [6.07, 6.45) is 2.07. The molecule has 0 radical (unpaired) electrons. The quantitative estimate of drug-likeness (QED) is 0.817. The highest BCUT2D eigenvalue weighted by molar-refractivity contribution is 5.63. The first-order valence-electron chi connectivity index (χ1n) is 9.24. The van der Waals surface area contributed by atoms with Crippen molar-refractivity contribution in [2.75, 3.05) is 19.6 Å². The van der Waals surface area contributed by atoms with E-state index in [0.717, 1.165) is 37.6 Å². The van der Waals surface area contributed by atoms with Crippen LogP contribution in [0.15, 0.2) is 26.9 Å². The van der Waals surface area contributed by atoms with Gasteiger partial charge >= 0.3 is 0 Å². The van der Waals surface area contributed by atoms with Crippen molar-refractivity contribution in [3.63, 3.8) is 0 Å². The molecule has 2 aliphatic rings. The zero-order valence-corrected chi connectivity index (χ0v) is 16.8. The molecule has 138 valence electrons. The second-order valence-corrected chi connectivity index (χ2v) is 9.48. The summed E-state index contributed by atoms with van der Waals surface area (Å²) >= 11 is 0. The number of aliphatic imine (C=N–C) groups is 1. The minimum absolute atomic E-state index is 0.0940. The van der Waals surface area contributed by atoms with Gasteiger partial charge in [0, 0.05) is 37.9 Å². The van der Waals surface area contributed by atoms with Crippen molar-refractivity contribution < 1.29 is 4.52 Å². The third-order valence-electron chi connectivity index (χ3n) is 5.01. The minimum Gasteiger partial charge on any atom is -0.361 e. The van der Waals surface area contributed by atoms with E-state index >= 15 is 0 Å². The third kappa shape index (κ3) is 3.81. The van der Waals surface area contributed by atoms with Crippen molar-refractivity contribution in [3.05, 3.63) is 28.8 Å². The maximum atomic E-state index is 5.23. The fraction of sp³-hybridized carbons (Fsp3) is 0.700. The minimum atomic E-state index is 0.0940. The number of aromatic nitrogens is 1. The number of rotatable bonds is 2. The van der Waals surface area contributed by atoms with E-state index in [1.807, 2.05) is 13.0 Å². The monoisotopic (exact) mass is 344 g/mol. The van der Waals surface area contributed by atoms with Crippen LogP contribution in [0.1, 0.15) is 53.0 Å². The standard InChI is InChI=1S/C20H32N4O/c1-14-10-15(22-25-14)11-23-8-9-24-13-21-18(20(5,6)7)17(16(24)12-23)19(2,3)4/h10,13,18H,8-9,11-12H2,1-7H3. The summed E-state index contributed by atoms with van der Waals surface area (Å²) in [5.41, 5.74) is 4.12. The molecule has 0 amide bonds. The van der Waals surface area contributed by atoms with Crippen LogP contribution in [0.4, 0.5) is 0 Å². The van der Waals surface area contributed by atoms with Crippen LogP contribution in [0, 0.1) is 17.8 Å². The average Bonchev–Trinajstić information content (AvgIpc) is 2.89. The second-order valence-electron chi connectivity index (χ2n) is 9.48. The molecular weight excluding hydrogens is 312 g/mol. The molecule has 0 aromatic carbocycles. The van der Waals surface area contributed by atoms with Gasteiger partial charge in [-0.05, 0) is 23.3 Å². The van der Waals surface area contributed by atoms with Gasteiger partial charge in [-0.3, -0.25) is 9.89 Å². The molecule has 5 heteroatoms. The fourth-order valence-electron chi connectivity index (χ4n) is 3.87. The van der Waals surface area contributed by atoms with E-state index in [4.69, 9.17) is 9.52 Å². The smallest absolute Gasteiger partial charge is 0.133 e. The van der Waals surface area contributed by atoms with Crippen molar-refractivity contribution in [2.45, 2.75) is 61.1 Å². The molecule has 0 N–H and O–H groups in total. The molecule has 0 spiro atoms. The lowest BCUT2D eigenvalue weighted by molar-refractivity contribution is 0.191. The molecule has 1 aromatic heterocycles. The predicted octanol–water partition coefficient (Wildman–Crippen LogP) is 3.86. The second kappa shape index (κ2) is 6.27. The molecule has 25 heavy (non-hydrogen) atoms. The first kappa shape index (κ1) is 18.2. The van der Waals surface area contributed by atoms with E-state index < -0.39 is 0 Å². The normalized spacial score (nSPS) is 22.5. The number of hydrogen-bond acceptors (Lipinski definition) is 5. The van der Waals surface area contributed by atoms with Crippen LogP contribution in [-0.4, -0.2) is 47.0 Å². The summed E-state index contributed by atoms with van der Waals surface area (Å²) < 4.78 is 5.23. The van der Waals surface area contributed by atoms with Crippen LogP contribution in [0.3, 0.4) is 0 Å². The van der Waals surface area contributed by atoms with E-state index in [9.17, 15) is 0 Å². The van der Waals surface area contributed by atoms with Crippen LogP contribution >= 0.6 is 0 Å². The zero-order valence-electron chi connectivity index (χ0n) is 16.8. The fourth-order valence-corrected chi connectivity index (χ4v) is 3.87. The Labute approximate surface area is 151 Å². The SMILES string of the molecule is Cc1cc(CN2CCN3C=NC(C(C)(C)C)C(C(C)(C)C)=C3C2)no1. The van der Waals surface area contributed by atoms with Gasteiger partial charge in [0.15, 0.2) is 0 Å². The van der Waals surface area contributed by atoms with E-state index in [2.05, 4.69) is 62.8 Å². The summed E-state index contributed by atoms with van der Waals surface area (Å²) in [5, 5.41) is 4.16. The molecule has 3 heterocycles. The third-order valence-corrected chi connectivity index (χ3v) is 5.01. The summed E-state index contributed by atoms with van der Waals surface area (Å²) in [5.74, 6) is 0.876. The molecule has 0 aliphatic carbocycles. The molecule has 0 saturated carbocycles. The van der Waals surface area contributed by atoms with Gasteiger partial charge in [-0.25, -0.2) is 0 Å². The van der Waals surface area contributed by atoms with Gasteiger partial charge in [-0.2, -0.15) is 0 Å². The van der Waals surface area contributed by atoms with Gasteiger partial charge < -0.3 is 9.42 Å². The van der Waals surface area contributed by atoms with E-state index in [1.54, 1.807) is 0 Å². The van der Waals surface area contributed by atoms with Crippen LogP contribution < -0.4 is 0 Å². The van der Waals surface area contributed by atoms with Crippen molar-refractivity contribution >= 4 is 6.34 Å². The lowest BCUT2D eigenvalue weighted by Crippen LogP contribution is -2.49. The Morgan fingerprint density at radius 3 is 2.44 bits per heavy atom. The topological polar surface area (TPSA) is 44.9 Å². The Morgan fingerprint density at radius 2 is 1.88 bits per heavy atom. The molecule has 0 bridgehead atoms. The highest BCUT2D eigenvalue weighted by Crippen LogP contribution is 2.42.